The van der Waals surface area contributed by atoms with E-state index in [0.29, 0.717) is 6.54 Å². The lowest BCUT2D eigenvalue weighted by Crippen LogP contribution is -2.49. The van der Waals surface area contributed by atoms with Crippen LogP contribution in [0.5, 0.6) is 0 Å². The van der Waals surface area contributed by atoms with Gasteiger partial charge in [0.25, 0.3) is 0 Å². The van der Waals surface area contributed by atoms with Gasteiger partial charge in [-0.25, -0.2) is 13.1 Å². The van der Waals surface area contributed by atoms with Gasteiger partial charge < -0.3 is 10.1 Å². The highest BCUT2D eigenvalue weighted by Crippen LogP contribution is 2.34. The lowest BCUT2D eigenvalue weighted by atomic mass is 9.80. The van der Waals surface area contributed by atoms with Gasteiger partial charge in [0, 0.05) is 25.9 Å². The van der Waals surface area contributed by atoms with Crippen molar-refractivity contribution in [1.29, 1.82) is 0 Å². The smallest absolute Gasteiger partial charge is 0.240 e. The summed E-state index contributed by atoms with van der Waals surface area (Å²) >= 11 is 0. The average molecular weight is 312 g/mol. The Hall–Kier alpha value is -1.11. The predicted molar refractivity (Wildman–Crippen MR) is 84.0 cm³/mol. The van der Waals surface area contributed by atoms with E-state index in [4.69, 9.17) is 4.74 Å². The third kappa shape index (κ3) is 3.96. The first-order valence-electron chi connectivity index (χ1n) is 7.40. The zero-order valence-electron chi connectivity index (χ0n) is 12.7. The Bertz CT molecular complexity index is 545. The molecule has 2 N–H and O–H groups in total. The van der Waals surface area contributed by atoms with E-state index in [1.807, 2.05) is 0 Å². The van der Waals surface area contributed by atoms with Crippen LogP contribution in [0.15, 0.2) is 29.2 Å². The Balaban J connectivity index is 1.98. The molecule has 0 amide bonds. The van der Waals surface area contributed by atoms with Crippen molar-refractivity contribution in [2.75, 3.05) is 25.5 Å². The molecule has 1 aliphatic carbocycles. The maximum Gasteiger partial charge on any atom is 0.240 e. The number of methoxy groups -OCH3 is 1. The maximum absolute atomic E-state index is 12.3. The fraction of sp³-hybridized carbons (Fsp3) is 0.600. The molecule has 0 aromatic heterocycles. The second-order valence-electron chi connectivity index (χ2n) is 5.52. The van der Waals surface area contributed by atoms with Crippen LogP contribution >= 0.6 is 0 Å². The molecular formula is C15H24N2O3S. The molecule has 1 saturated carbocycles. The van der Waals surface area contributed by atoms with E-state index in [9.17, 15) is 8.42 Å². The van der Waals surface area contributed by atoms with E-state index in [1.165, 1.54) is 0 Å². The molecule has 0 atom stereocenters. The molecule has 1 fully saturated rings. The van der Waals surface area contributed by atoms with Crippen LogP contribution in [0.1, 0.15) is 32.6 Å². The molecule has 1 aliphatic rings. The summed E-state index contributed by atoms with van der Waals surface area (Å²) in [5.41, 5.74) is 0.624. The van der Waals surface area contributed by atoms with Crippen molar-refractivity contribution in [3.63, 3.8) is 0 Å². The van der Waals surface area contributed by atoms with Gasteiger partial charge in [0.1, 0.15) is 0 Å². The van der Waals surface area contributed by atoms with Crippen LogP contribution < -0.4 is 10.0 Å². The summed E-state index contributed by atoms with van der Waals surface area (Å²) in [5, 5.41) is 3.22. The van der Waals surface area contributed by atoms with Crippen molar-refractivity contribution < 1.29 is 13.2 Å². The second kappa shape index (κ2) is 6.77. The molecule has 2 rings (SSSR count). The zero-order chi connectivity index (χ0) is 15.3. The number of hydrogen-bond donors (Lipinski definition) is 2. The van der Waals surface area contributed by atoms with E-state index in [2.05, 4.69) is 17.0 Å². The van der Waals surface area contributed by atoms with Gasteiger partial charge >= 0.3 is 0 Å². The van der Waals surface area contributed by atoms with Crippen LogP contribution in [-0.2, 0) is 14.8 Å². The summed E-state index contributed by atoms with van der Waals surface area (Å²) in [6, 6.07) is 6.83. The molecular weight excluding hydrogens is 288 g/mol. The molecule has 0 radical (unpaired) electrons. The van der Waals surface area contributed by atoms with Gasteiger partial charge in [0.2, 0.25) is 10.0 Å². The Morgan fingerprint density at radius 3 is 2.38 bits per heavy atom. The minimum Gasteiger partial charge on any atom is -0.385 e. The molecule has 0 aliphatic heterocycles. The van der Waals surface area contributed by atoms with Crippen molar-refractivity contribution in [1.82, 2.24) is 4.72 Å². The molecule has 5 nitrogen and oxygen atoms in total. The number of rotatable bonds is 8. The summed E-state index contributed by atoms with van der Waals surface area (Å²) in [7, 11) is -1.83. The SMILES string of the molecule is CCCNc1ccc(S(=O)(=O)NCC2(OC)CCC2)cc1. The number of sulfonamides is 1. The van der Waals surface area contributed by atoms with Crippen molar-refractivity contribution in [3.05, 3.63) is 24.3 Å². The van der Waals surface area contributed by atoms with Crippen molar-refractivity contribution in [3.8, 4) is 0 Å². The molecule has 1 aromatic rings. The highest BCUT2D eigenvalue weighted by atomic mass is 32.2. The first kappa shape index (κ1) is 16.3. The number of anilines is 1. The van der Waals surface area contributed by atoms with Crippen molar-refractivity contribution in [2.45, 2.75) is 43.1 Å². The lowest BCUT2D eigenvalue weighted by Gasteiger charge is -2.40. The van der Waals surface area contributed by atoms with Gasteiger partial charge in [-0.15, -0.1) is 0 Å². The number of nitrogens with one attached hydrogen (secondary N) is 2. The molecule has 21 heavy (non-hydrogen) atoms. The third-order valence-corrected chi connectivity index (χ3v) is 5.44. The first-order chi connectivity index (χ1) is 10.0. The predicted octanol–water partition coefficient (Wildman–Crippen LogP) is 2.36. The molecule has 0 spiro atoms. The molecule has 118 valence electrons. The van der Waals surface area contributed by atoms with Crippen LogP contribution in [0.25, 0.3) is 0 Å². The standard InChI is InChI=1S/C15H24N2O3S/c1-3-11-16-13-5-7-14(8-6-13)21(18,19)17-12-15(20-2)9-4-10-15/h5-8,16-17H,3-4,9-12H2,1-2H3. The Labute approximate surface area is 127 Å². The van der Waals surface area contributed by atoms with Crippen LogP contribution in [0.4, 0.5) is 5.69 Å². The monoisotopic (exact) mass is 312 g/mol. The maximum atomic E-state index is 12.3. The van der Waals surface area contributed by atoms with Crippen LogP contribution in [-0.4, -0.2) is 34.2 Å². The minimum atomic E-state index is -3.47. The highest BCUT2D eigenvalue weighted by Gasteiger charge is 2.37. The molecule has 0 saturated heterocycles. The fourth-order valence-electron chi connectivity index (χ4n) is 2.36. The van der Waals surface area contributed by atoms with Gasteiger partial charge in [-0.3, -0.25) is 0 Å². The molecule has 0 unspecified atom stereocenters. The summed E-state index contributed by atoms with van der Waals surface area (Å²) in [4.78, 5) is 0.287. The number of hydrogen-bond acceptors (Lipinski definition) is 4. The summed E-state index contributed by atoms with van der Waals surface area (Å²) in [5.74, 6) is 0. The van der Waals surface area contributed by atoms with Crippen LogP contribution in [0.3, 0.4) is 0 Å². The quantitative estimate of drug-likeness (QED) is 0.773. The summed E-state index contributed by atoms with van der Waals surface area (Å²) in [6.07, 6.45) is 3.94. The van der Waals surface area contributed by atoms with E-state index in [-0.39, 0.29) is 10.5 Å². The molecule has 0 heterocycles. The van der Waals surface area contributed by atoms with E-state index in [0.717, 1.165) is 37.9 Å². The van der Waals surface area contributed by atoms with Gasteiger partial charge in [-0.2, -0.15) is 0 Å². The third-order valence-electron chi connectivity index (χ3n) is 4.03. The van der Waals surface area contributed by atoms with Crippen molar-refractivity contribution in [2.24, 2.45) is 0 Å². The normalized spacial score (nSPS) is 17.2. The van der Waals surface area contributed by atoms with Crippen LogP contribution in [0.2, 0.25) is 0 Å². The zero-order valence-corrected chi connectivity index (χ0v) is 13.5. The number of benzene rings is 1. The second-order valence-corrected chi connectivity index (χ2v) is 7.28. The number of ether oxygens (including phenoxy) is 1. The lowest BCUT2D eigenvalue weighted by molar-refractivity contribution is -0.0659. The van der Waals surface area contributed by atoms with Crippen molar-refractivity contribution >= 4 is 15.7 Å². The van der Waals surface area contributed by atoms with Crippen LogP contribution in [0, 0.1) is 0 Å². The Morgan fingerprint density at radius 1 is 1.24 bits per heavy atom. The minimum absolute atomic E-state index is 0.287. The average Bonchev–Trinajstić information content (AvgIpc) is 2.45. The van der Waals surface area contributed by atoms with E-state index >= 15 is 0 Å². The molecule has 6 heteroatoms. The Morgan fingerprint density at radius 2 is 1.90 bits per heavy atom. The fourth-order valence-corrected chi connectivity index (χ4v) is 3.47. The van der Waals surface area contributed by atoms with Gasteiger partial charge in [-0.1, -0.05) is 6.92 Å². The Kier molecular flexibility index (Phi) is 5.24. The topological polar surface area (TPSA) is 67.4 Å². The molecule has 1 aromatic carbocycles. The highest BCUT2D eigenvalue weighted by molar-refractivity contribution is 7.89. The van der Waals surface area contributed by atoms with Gasteiger partial charge in [0.15, 0.2) is 0 Å². The summed E-state index contributed by atoms with van der Waals surface area (Å²) < 4.78 is 32.6. The molecule has 0 bridgehead atoms. The largest absolute Gasteiger partial charge is 0.385 e. The first-order valence-corrected chi connectivity index (χ1v) is 8.88. The summed E-state index contributed by atoms with van der Waals surface area (Å²) in [6.45, 7) is 3.30. The van der Waals surface area contributed by atoms with Gasteiger partial charge in [-0.05, 0) is 49.9 Å². The van der Waals surface area contributed by atoms with E-state index in [1.54, 1.807) is 31.4 Å². The van der Waals surface area contributed by atoms with Gasteiger partial charge in [0.05, 0.1) is 10.5 Å². The van der Waals surface area contributed by atoms with E-state index < -0.39 is 10.0 Å².